The monoisotopic (exact) mass is 298 g/mol. The summed E-state index contributed by atoms with van der Waals surface area (Å²) in [6.07, 6.45) is 4.62. The number of fused-ring (bicyclic) bond motifs is 2. The van der Waals surface area contributed by atoms with Gasteiger partial charge in [0.05, 0.1) is 0 Å². The van der Waals surface area contributed by atoms with Crippen LogP contribution in [0.4, 0.5) is 0 Å². The Balaban J connectivity index is 1.71. The second-order valence-electron chi connectivity index (χ2n) is 7.26. The minimum atomic E-state index is -0.689. The minimum absolute atomic E-state index is 0.184. The quantitative estimate of drug-likeness (QED) is 0.733. The van der Waals surface area contributed by atoms with Crippen LogP contribution in [0.3, 0.4) is 0 Å². The van der Waals surface area contributed by atoms with Crippen LogP contribution in [-0.4, -0.2) is 30.6 Å². The highest BCUT2D eigenvalue weighted by Crippen LogP contribution is 2.59. The molecule has 1 unspecified atom stereocenters. The number of rotatable bonds is 2. The zero-order chi connectivity index (χ0) is 14.7. The summed E-state index contributed by atoms with van der Waals surface area (Å²) in [5, 5.41) is 0. The fraction of sp³-hybridized carbons (Fsp3) is 1.00. The summed E-state index contributed by atoms with van der Waals surface area (Å²) in [5.74, 6) is 0.750. The Bertz CT molecular complexity index is 411. The second-order valence-corrected chi connectivity index (χ2v) is 7.26. The first-order valence-corrected chi connectivity index (χ1v) is 8.39. The third-order valence-corrected chi connectivity index (χ3v) is 5.98. The molecule has 5 rings (SSSR count). The summed E-state index contributed by atoms with van der Waals surface area (Å²) < 4.78 is 18.1. The number of hydrogen-bond donors (Lipinski definition) is 0. The van der Waals surface area contributed by atoms with Gasteiger partial charge >= 0.3 is 0 Å². The van der Waals surface area contributed by atoms with Gasteiger partial charge in [-0.25, -0.2) is 9.78 Å². The van der Waals surface area contributed by atoms with Gasteiger partial charge in [-0.2, -0.15) is 0 Å². The Morgan fingerprint density at radius 2 is 2.05 bits per heavy atom. The predicted octanol–water partition coefficient (Wildman–Crippen LogP) is 2.98. The van der Waals surface area contributed by atoms with Crippen molar-refractivity contribution in [2.24, 2.45) is 17.8 Å². The summed E-state index contributed by atoms with van der Waals surface area (Å²) in [6.45, 7) is 6.93. The molecule has 2 bridgehead atoms. The molecule has 0 aromatic carbocycles. The molecule has 120 valence electrons. The molecule has 1 spiro atoms. The molecule has 7 atom stereocenters. The molecule has 5 heteroatoms. The third kappa shape index (κ3) is 2.01. The Labute approximate surface area is 126 Å². The molecule has 21 heavy (non-hydrogen) atoms. The maximum absolute atomic E-state index is 6.20. The topological polar surface area (TPSA) is 46.2 Å². The lowest BCUT2D eigenvalue weighted by Crippen LogP contribution is -2.68. The second kappa shape index (κ2) is 4.90. The Morgan fingerprint density at radius 1 is 1.19 bits per heavy atom. The normalized spacial score (nSPS) is 55.9. The Kier molecular flexibility index (Phi) is 3.36. The first-order chi connectivity index (χ1) is 10.1. The van der Waals surface area contributed by atoms with Gasteiger partial charge in [0, 0.05) is 25.4 Å². The molecule has 5 fully saturated rings. The van der Waals surface area contributed by atoms with E-state index in [1.165, 1.54) is 6.42 Å². The van der Waals surface area contributed by atoms with E-state index in [4.69, 9.17) is 24.0 Å². The van der Waals surface area contributed by atoms with Crippen LogP contribution >= 0.6 is 0 Å². The highest BCUT2D eigenvalue weighted by atomic mass is 17.3. The molecule has 4 saturated heterocycles. The molecular formula is C16H26O5. The lowest BCUT2D eigenvalue weighted by Gasteiger charge is -2.58. The van der Waals surface area contributed by atoms with Crippen LogP contribution in [0, 0.1) is 17.8 Å². The van der Waals surface area contributed by atoms with E-state index in [1.54, 1.807) is 0 Å². The van der Waals surface area contributed by atoms with Crippen molar-refractivity contribution in [3.63, 3.8) is 0 Å². The van der Waals surface area contributed by atoms with Crippen molar-refractivity contribution in [3.8, 4) is 0 Å². The van der Waals surface area contributed by atoms with Crippen LogP contribution in [0.15, 0.2) is 0 Å². The van der Waals surface area contributed by atoms with Crippen molar-refractivity contribution in [2.45, 2.75) is 76.8 Å². The van der Waals surface area contributed by atoms with E-state index in [2.05, 4.69) is 6.92 Å². The van der Waals surface area contributed by atoms with Crippen molar-refractivity contribution >= 4 is 0 Å². The van der Waals surface area contributed by atoms with E-state index in [9.17, 15) is 0 Å². The molecule has 1 saturated carbocycles. The molecule has 0 aromatic heterocycles. The molecule has 0 N–H and O–H groups in total. The van der Waals surface area contributed by atoms with Crippen molar-refractivity contribution in [3.05, 3.63) is 0 Å². The van der Waals surface area contributed by atoms with E-state index < -0.39 is 11.4 Å². The van der Waals surface area contributed by atoms with Gasteiger partial charge in [-0.1, -0.05) is 6.92 Å². The highest BCUT2D eigenvalue weighted by Gasteiger charge is 2.67. The van der Waals surface area contributed by atoms with Gasteiger partial charge in [-0.3, -0.25) is 0 Å². The highest BCUT2D eigenvalue weighted by molar-refractivity contribution is 5.07. The average molecular weight is 298 g/mol. The van der Waals surface area contributed by atoms with E-state index in [-0.39, 0.29) is 12.6 Å². The summed E-state index contributed by atoms with van der Waals surface area (Å²) in [4.78, 5) is 11.7. The van der Waals surface area contributed by atoms with Gasteiger partial charge in [0.2, 0.25) is 5.79 Å². The van der Waals surface area contributed by atoms with Crippen LogP contribution in [0.2, 0.25) is 0 Å². The van der Waals surface area contributed by atoms with Crippen LogP contribution in [0.25, 0.3) is 0 Å². The van der Waals surface area contributed by atoms with Gasteiger partial charge in [0.1, 0.15) is 0 Å². The number of ether oxygens (including phenoxy) is 3. The molecule has 5 nitrogen and oxygen atoms in total. The molecule has 1 aliphatic carbocycles. The van der Waals surface area contributed by atoms with Crippen LogP contribution in [0.1, 0.15) is 52.9 Å². The van der Waals surface area contributed by atoms with E-state index >= 15 is 0 Å². The zero-order valence-electron chi connectivity index (χ0n) is 13.2. The molecule has 0 amide bonds. The SMILES string of the molecule is CCOC1C[C@@H]2CC[C@@H](C)[C@@H]3CC[C@@]4(C)OO[C@@]23[C@H](O1)O4. The molecule has 4 heterocycles. The van der Waals surface area contributed by atoms with Crippen molar-refractivity contribution in [2.75, 3.05) is 6.61 Å². The van der Waals surface area contributed by atoms with Crippen molar-refractivity contribution < 1.29 is 24.0 Å². The minimum Gasteiger partial charge on any atom is -0.353 e. The van der Waals surface area contributed by atoms with Gasteiger partial charge < -0.3 is 14.2 Å². The Hall–Kier alpha value is -0.200. The molecule has 4 aliphatic heterocycles. The summed E-state index contributed by atoms with van der Waals surface area (Å²) in [5.41, 5.74) is -0.443. The van der Waals surface area contributed by atoms with Crippen LogP contribution in [0.5, 0.6) is 0 Å². The lowest BCUT2D eigenvalue weighted by atomic mass is 9.60. The van der Waals surface area contributed by atoms with Gasteiger partial charge in [-0.15, -0.1) is 0 Å². The van der Waals surface area contributed by atoms with Crippen LogP contribution < -0.4 is 0 Å². The predicted molar refractivity (Wildman–Crippen MR) is 73.9 cm³/mol. The molecule has 0 radical (unpaired) electrons. The largest absolute Gasteiger partial charge is 0.353 e. The standard InChI is InChI=1S/C16H26O5/c1-4-17-13-9-11-6-5-10(2)12-7-8-15(3)19-14(18-13)16(11,12)21-20-15/h10-14H,4-9H2,1-3H3/t10-,11+,12+,13?,14-,15-,16+/m1/s1. The fourth-order valence-electron chi connectivity index (χ4n) is 4.86. The lowest BCUT2D eigenvalue weighted by molar-refractivity contribution is -0.573. The summed E-state index contributed by atoms with van der Waals surface area (Å²) >= 11 is 0. The van der Waals surface area contributed by atoms with Crippen LogP contribution in [-0.2, 0) is 24.0 Å². The van der Waals surface area contributed by atoms with E-state index in [0.29, 0.717) is 24.4 Å². The van der Waals surface area contributed by atoms with Gasteiger partial charge in [0.15, 0.2) is 18.2 Å². The third-order valence-electron chi connectivity index (χ3n) is 5.98. The van der Waals surface area contributed by atoms with Gasteiger partial charge in [0.25, 0.3) is 0 Å². The average Bonchev–Trinajstić information content (AvgIpc) is 2.68. The first kappa shape index (κ1) is 14.4. The van der Waals surface area contributed by atoms with Crippen molar-refractivity contribution in [1.82, 2.24) is 0 Å². The zero-order valence-corrected chi connectivity index (χ0v) is 13.2. The molecular weight excluding hydrogens is 272 g/mol. The summed E-state index contributed by atoms with van der Waals surface area (Å²) in [7, 11) is 0. The van der Waals surface area contributed by atoms with E-state index in [1.807, 2.05) is 13.8 Å². The first-order valence-electron chi connectivity index (χ1n) is 8.39. The maximum Gasteiger partial charge on any atom is 0.201 e. The Morgan fingerprint density at radius 3 is 2.86 bits per heavy atom. The van der Waals surface area contributed by atoms with E-state index in [0.717, 1.165) is 25.7 Å². The fourth-order valence-corrected chi connectivity index (χ4v) is 4.86. The smallest absolute Gasteiger partial charge is 0.201 e. The van der Waals surface area contributed by atoms with Crippen molar-refractivity contribution in [1.29, 1.82) is 0 Å². The molecule has 5 aliphatic rings. The van der Waals surface area contributed by atoms with Gasteiger partial charge in [-0.05, 0) is 44.9 Å². The maximum atomic E-state index is 6.20. The number of hydrogen-bond acceptors (Lipinski definition) is 5. The molecule has 0 aromatic rings. The summed E-state index contributed by atoms with van der Waals surface area (Å²) in [6, 6.07) is 0.